The maximum absolute atomic E-state index is 12.4. The molecule has 2 saturated heterocycles. The Labute approximate surface area is 117 Å². The first-order chi connectivity index (χ1) is 9.70. The lowest BCUT2D eigenvalue weighted by Gasteiger charge is -2.32. The number of likely N-dealkylation sites (tertiary alicyclic amines) is 2. The molecule has 0 N–H and O–H groups in total. The van der Waals surface area contributed by atoms with Gasteiger partial charge in [0.25, 0.3) is 5.91 Å². The van der Waals surface area contributed by atoms with Crippen molar-refractivity contribution in [2.24, 2.45) is 11.8 Å². The van der Waals surface area contributed by atoms with E-state index in [1.54, 1.807) is 17.0 Å². The molecule has 1 aromatic heterocycles. The second-order valence-electron chi connectivity index (χ2n) is 5.31. The number of nitrogens with zero attached hydrogens (tertiary/aromatic N) is 3. The molecule has 0 radical (unpaired) electrons. The van der Waals surface area contributed by atoms with E-state index in [9.17, 15) is 9.59 Å². The molecule has 0 aliphatic carbocycles. The molecule has 2 amide bonds. The van der Waals surface area contributed by atoms with Crippen molar-refractivity contribution in [1.82, 2.24) is 15.0 Å². The first kappa shape index (κ1) is 12.9. The van der Waals surface area contributed by atoms with Crippen LogP contribution in [0, 0.1) is 11.8 Å². The summed E-state index contributed by atoms with van der Waals surface area (Å²) in [7, 11) is 0. The maximum atomic E-state index is 12.4. The highest BCUT2D eigenvalue weighted by Crippen LogP contribution is 2.32. The molecule has 0 bridgehead atoms. The van der Waals surface area contributed by atoms with Gasteiger partial charge >= 0.3 is 0 Å². The van der Waals surface area contributed by atoms with Crippen LogP contribution in [-0.4, -0.2) is 52.9 Å². The minimum absolute atomic E-state index is 0.0874. The van der Waals surface area contributed by atoms with Gasteiger partial charge in [-0.15, -0.1) is 6.58 Å². The van der Waals surface area contributed by atoms with Gasteiger partial charge in [0.05, 0.1) is 12.1 Å². The molecule has 20 heavy (non-hydrogen) atoms. The SMILES string of the molecule is C=CCN1CC[C@H]2CN(C(=O)c3ccno3)C[C@@H]2C1=O. The van der Waals surface area contributed by atoms with E-state index in [1.807, 2.05) is 4.90 Å². The van der Waals surface area contributed by atoms with Crippen LogP contribution < -0.4 is 0 Å². The number of rotatable bonds is 3. The number of hydrogen-bond acceptors (Lipinski definition) is 4. The normalized spacial score (nSPS) is 25.7. The summed E-state index contributed by atoms with van der Waals surface area (Å²) in [6.07, 6.45) is 4.13. The maximum Gasteiger partial charge on any atom is 0.292 e. The van der Waals surface area contributed by atoms with Gasteiger partial charge in [-0.25, -0.2) is 0 Å². The molecule has 0 unspecified atom stereocenters. The number of aromatic nitrogens is 1. The van der Waals surface area contributed by atoms with Crippen molar-refractivity contribution >= 4 is 11.8 Å². The third kappa shape index (κ3) is 2.11. The molecule has 0 aromatic carbocycles. The Morgan fingerprint density at radius 2 is 2.40 bits per heavy atom. The predicted molar refractivity (Wildman–Crippen MR) is 70.8 cm³/mol. The van der Waals surface area contributed by atoms with Crippen molar-refractivity contribution < 1.29 is 14.1 Å². The summed E-state index contributed by atoms with van der Waals surface area (Å²) in [5, 5.41) is 3.55. The number of carbonyl (C=O) groups excluding carboxylic acids is 2. The van der Waals surface area contributed by atoms with Gasteiger partial charge in [-0.1, -0.05) is 11.2 Å². The van der Waals surface area contributed by atoms with E-state index >= 15 is 0 Å². The first-order valence-corrected chi connectivity index (χ1v) is 6.80. The highest BCUT2D eigenvalue weighted by molar-refractivity contribution is 5.92. The van der Waals surface area contributed by atoms with Gasteiger partial charge in [0.2, 0.25) is 11.7 Å². The number of fused-ring (bicyclic) bond motifs is 1. The Morgan fingerprint density at radius 3 is 3.10 bits per heavy atom. The molecule has 106 valence electrons. The van der Waals surface area contributed by atoms with Crippen molar-refractivity contribution in [3.05, 3.63) is 30.7 Å². The van der Waals surface area contributed by atoms with E-state index in [4.69, 9.17) is 4.52 Å². The number of carbonyl (C=O) groups is 2. The van der Waals surface area contributed by atoms with Crippen LogP contribution >= 0.6 is 0 Å². The second-order valence-corrected chi connectivity index (χ2v) is 5.31. The Morgan fingerprint density at radius 1 is 1.55 bits per heavy atom. The zero-order chi connectivity index (χ0) is 14.1. The summed E-state index contributed by atoms with van der Waals surface area (Å²) in [5.41, 5.74) is 0. The van der Waals surface area contributed by atoms with Gasteiger partial charge < -0.3 is 14.3 Å². The first-order valence-electron chi connectivity index (χ1n) is 6.80. The molecular weight excluding hydrogens is 258 g/mol. The standard InChI is InChI=1S/C14H17N3O3/c1-2-6-16-7-4-10-8-17(9-11(10)13(16)18)14(19)12-3-5-15-20-12/h2-3,5,10-11H,1,4,6-9H2/t10-,11-/m0/s1. The molecule has 1 aromatic rings. The number of hydrogen-bond donors (Lipinski definition) is 0. The third-order valence-corrected chi connectivity index (χ3v) is 4.12. The van der Waals surface area contributed by atoms with Crippen molar-refractivity contribution in [3.63, 3.8) is 0 Å². The molecule has 6 heteroatoms. The van der Waals surface area contributed by atoms with Gasteiger partial charge in [0, 0.05) is 32.2 Å². The van der Waals surface area contributed by atoms with Gasteiger partial charge in [0.15, 0.2) is 0 Å². The Balaban J connectivity index is 1.71. The average Bonchev–Trinajstić information content (AvgIpc) is 3.10. The van der Waals surface area contributed by atoms with E-state index in [2.05, 4.69) is 11.7 Å². The van der Waals surface area contributed by atoms with E-state index < -0.39 is 0 Å². The Kier molecular flexibility index (Phi) is 3.30. The largest absolute Gasteiger partial charge is 0.351 e. The quantitative estimate of drug-likeness (QED) is 0.765. The number of amides is 2. The van der Waals surface area contributed by atoms with Crippen LogP contribution in [0.25, 0.3) is 0 Å². The smallest absolute Gasteiger partial charge is 0.292 e. The fourth-order valence-corrected chi connectivity index (χ4v) is 3.09. The summed E-state index contributed by atoms with van der Waals surface area (Å²) in [5.74, 6) is 0.360. The molecule has 0 spiro atoms. The molecule has 3 heterocycles. The van der Waals surface area contributed by atoms with Crippen molar-refractivity contribution in [3.8, 4) is 0 Å². The lowest BCUT2D eigenvalue weighted by molar-refractivity contribution is -0.138. The topological polar surface area (TPSA) is 66.7 Å². The fourth-order valence-electron chi connectivity index (χ4n) is 3.09. The van der Waals surface area contributed by atoms with Crippen LogP contribution in [0.3, 0.4) is 0 Å². The lowest BCUT2D eigenvalue weighted by Crippen LogP contribution is -2.45. The van der Waals surface area contributed by atoms with E-state index in [-0.39, 0.29) is 29.4 Å². The van der Waals surface area contributed by atoms with Gasteiger partial charge in [-0.3, -0.25) is 9.59 Å². The molecule has 2 aliphatic heterocycles. The zero-order valence-electron chi connectivity index (χ0n) is 11.2. The van der Waals surface area contributed by atoms with Crippen LogP contribution in [0.15, 0.2) is 29.4 Å². The zero-order valence-corrected chi connectivity index (χ0v) is 11.2. The van der Waals surface area contributed by atoms with Crippen LogP contribution in [0.1, 0.15) is 17.0 Å². The lowest BCUT2D eigenvalue weighted by atomic mass is 9.88. The third-order valence-electron chi connectivity index (χ3n) is 4.12. The van der Waals surface area contributed by atoms with Crippen LogP contribution in [0.5, 0.6) is 0 Å². The summed E-state index contributed by atoms with van der Waals surface area (Å²) in [6, 6.07) is 1.55. The summed E-state index contributed by atoms with van der Waals surface area (Å²) in [4.78, 5) is 28.1. The van der Waals surface area contributed by atoms with Gasteiger partial charge in [0.1, 0.15) is 0 Å². The average molecular weight is 275 g/mol. The van der Waals surface area contributed by atoms with Crippen LogP contribution in [-0.2, 0) is 4.79 Å². The summed E-state index contributed by atoms with van der Waals surface area (Å²) < 4.78 is 4.90. The predicted octanol–water partition coefficient (Wildman–Crippen LogP) is 0.781. The van der Waals surface area contributed by atoms with E-state index in [1.165, 1.54) is 6.20 Å². The highest BCUT2D eigenvalue weighted by Gasteiger charge is 2.44. The van der Waals surface area contributed by atoms with Crippen molar-refractivity contribution in [2.45, 2.75) is 6.42 Å². The van der Waals surface area contributed by atoms with E-state index in [0.717, 1.165) is 13.0 Å². The summed E-state index contributed by atoms with van der Waals surface area (Å²) in [6.45, 7) is 6.09. The molecule has 2 aliphatic rings. The number of piperidine rings is 1. The van der Waals surface area contributed by atoms with Crippen molar-refractivity contribution in [2.75, 3.05) is 26.2 Å². The minimum Gasteiger partial charge on any atom is -0.351 e. The van der Waals surface area contributed by atoms with Crippen LogP contribution in [0.4, 0.5) is 0 Å². The fraction of sp³-hybridized carbons (Fsp3) is 0.500. The second kappa shape index (κ2) is 5.11. The monoisotopic (exact) mass is 275 g/mol. The van der Waals surface area contributed by atoms with Crippen molar-refractivity contribution in [1.29, 1.82) is 0 Å². The molecule has 3 rings (SSSR count). The minimum atomic E-state index is -0.181. The van der Waals surface area contributed by atoms with Gasteiger partial charge in [-0.2, -0.15) is 0 Å². The Bertz CT molecular complexity index is 526. The van der Waals surface area contributed by atoms with E-state index in [0.29, 0.717) is 19.6 Å². The molecule has 2 atom stereocenters. The molecule has 2 fully saturated rings. The summed E-state index contributed by atoms with van der Waals surface area (Å²) >= 11 is 0. The van der Waals surface area contributed by atoms with Crippen LogP contribution in [0.2, 0.25) is 0 Å². The molecular formula is C14H17N3O3. The molecule has 0 saturated carbocycles. The highest BCUT2D eigenvalue weighted by atomic mass is 16.5. The van der Waals surface area contributed by atoms with Gasteiger partial charge in [-0.05, 0) is 12.3 Å². The Hall–Kier alpha value is -2.11. The molecule has 6 nitrogen and oxygen atoms in total.